The van der Waals surface area contributed by atoms with Crippen molar-refractivity contribution in [2.75, 3.05) is 13.1 Å². The highest BCUT2D eigenvalue weighted by molar-refractivity contribution is 6.35. The van der Waals surface area contributed by atoms with E-state index in [1.54, 1.807) is 18.2 Å². The van der Waals surface area contributed by atoms with Crippen LogP contribution in [-0.2, 0) is 4.79 Å². The second-order valence-electron chi connectivity index (χ2n) is 6.28. The Bertz CT molecular complexity index is 636. The number of urea groups is 1. The minimum absolute atomic E-state index is 0.0339. The molecular weight excluding hydrogens is 365 g/mol. The van der Waals surface area contributed by atoms with E-state index in [0.29, 0.717) is 16.6 Å². The van der Waals surface area contributed by atoms with Crippen LogP contribution in [0.2, 0.25) is 10.0 Å². The Kier molecular flexibility index (Phi) is 6.93. The van der Waals surface area contributed by atoms with Gasteiger partial charge in [-0.05, 0) is 44.0 Å². The Hall–Kier alpha value is -1.50. The summed E-state index contributed by atoms with van der Waals surface area (Å²) in [5.74, 6) is -0.829. The van der Waals surface area contributed by atoms with Crippen molar-refractivity contribution >= 4 is 35.2 Å². The maximum absolute atomic E-state index is 12.1. The average molecular weight is 388 g/mol. The van der Waals surface area contributed by atoms with Crippen LogP contribution in [0, 0.1) is 0 Å². The predicted molar refractivity (Wildman–Crippen MR) is 98.2 cm³/mol. The number of aliphatic carboxylic acids is 1. The Morgan fingerprint density at radius 2 is 2.04 bits per heavy atom. The van der Waals surface area contributed by atoms with Crippen LogP contribution in [0.15, 0.2) is 18.2 Å². The minimum Gasteiger partial charge on any atom is -0.480 e. The summed E-state index contributed by atoms with van der Waals surface area (Å²) in [4.78, 5) is 24.9. The lowest BCUT2D eigenvalue weighted by molar-refractivity contribution is -0.139. The third-order valence-electron chi connectivity index (χ3n) is 4.49. The van der Waals surface area contributed by atoms with Gasteiger partial charge >= 0.3 is 12.0 Å². The fraction of sp³-hybridized carbons (Fsp3) is 0.529. The maximum atomic E-state index is 12.1. The van der Waals surface area contributed by atoms with Crippen LogP contribution in [-0.4, -0.2) is 47.2 Å². The largest absolute Gasteiger partial charge is 0.480 e. The average Bonchev–Trinajstić information content (AvgIpc) is 2.48. The minimum atomic E-state index is -0.829. The van der Waals surface area contributed by atoms with Gasteiger partial charge in [0.15, 0.2) is 0 Å². The molecule has 0 spiro atoms. The Morgan fingerprint density at radius 3 is 2.60 bits per heavy atom. The molecule has 1 aliphatic rings. The smallest absolute Gasteiger partial charge is 0.317 e. The molecule has 2 amide bonds. The highest BCUT2D eigenvalue weighted by atomic mass is 35.5. The van der Waals surface area contributed by atoms with Crippen LogP contribution in [0.1, 0.15) is 38.3 Å². The van der Waals surface area contributed by atoms with E-state index in [2.05, 4.69) is 10.6 Å². The first-order chi connectivity index (χ1) is 11.8. The molecular formula is C17H23Cl2N3O3. The van der Waals surface area contributed by atoms with Gasteiger partial charge in [0.1, 0.15) is 0 Å². The molecule has 1 aromatic carbocycles. The number of benzene rings is 1. The van der Waals surface area contributed by atoms with Crippen LogP contribution in [0.5, 0.6) is 0 Å². The zero-order valence-corrected chi connectivity index (χ0v) is 15.8. The van der Waals surface area contributed by atoms with Crippen LogP contribution in [0.4, 0.5) is 4.79 Å². The lowest BCUT2D eigenvalue weighted by Gasteiger charge is -2.42. The number of amides is 2. The molecule has 0 aromatic heterocycles. The summed E-state index contributed by atoms with van der Waals surface area (Å²) in [6.45, 7) is 4.51. The van der Waals surface area contributed by atoms with Gasteiger partial charge in [0, 0.05) is 22.1 Å². The molecule has 3 N–H and O–H groups in total. The molecule has 138 valence electrons. The van der Waals surface area contributed by atoms with Crippen molar-refractivity contribution in [3.05, 3.63) is 33.8 Å². The van der Waals surface area contributed by atoms with Crippen LogP contribution >= 0.6 is 23.2 Å². The van der Waals surface area contributed by atoms with Gasteiger partial charge in [-0.3, -0.25) is 9.69 Å². The van der Waals surface area contributed by atoms with Gasteiger partial charge in [-0.1, -0.05) is 36.2 Å². The molecule has 0 bridgehead atoms. The number of halogens is 2. The number of carboxylic acids is 1. The first-order valence-electron chi connectivity index (χ1n) is 8.28. The van der Waals surface area contributed by atoms with Crippen LogP contribution < -0.4 is 10.6 Å². The molecule has 0 aliphatic heterocycles. The molecule has 0 saturated heterocycles. The topological polar surface area (TPSA) is 81.7 Å². The van der Waals surface area contributed by atoms with E-state index in [1.807, 2.05) is 18.7 Å². The van der Waals surface area contributed by atoms with Crippen molar-refractivity contribution in [3.63, 3.8) is 0 Å². The normalized spacial score (nSPS) is 20.7. The van der Waals surface area contributed by atoms with Gasteiger partial charge < -0.3 is 15.7 Å². The molecule has 8 heteroatoms. The number of nitrogens with zero attached hydrogens (tertiary/aromatic N) is 1. The molecule has 6 nitrogen and oxygen atoms in total. The Balaban J connectivity index is 1.79. The number of carboxylic acid groups (broad SMARTS) is 1. The van der Waals surface area contributed by atoms with Crippen molar-refractivity contribution in [1.29, 1.82) is 0 Å². The fourth-order valence-electron chi connectivity index (χ4n) is 3.03. The molecule has 1 unspecified atom stereocenters. The quantitative estimate of drug-likeness (QED) is 0.670. The standard InChI is InChI=1S/C17H23Cl2N3O3/c1-3-22(9-16(23)24)13-7-12(8-13)21-17(25)20-10(2)14-5-4-11(18)6-15(14)19/h4-6,10,12-13H,3,7-9H2,1-2H3,(H,23,24)(H2,20,21,25). The number of rotatable bonds is 7. The summed E-state index contributed by atoms with van der Waals surface area (Å²) in [7, 11) is 0. The van der Waals surface area contributed by atoms with E-state index in [0.717, 1.165) is 18.4 Å². The first kappa shape index (κ1) is 19.8. The van der Waals surface area contributed by atoms with E-state index in [1.165, 1.54) is 0 Å². The third kappa shape index (κ3) is 5.49. The molecule has 0 heterocycles. The maximum Gasteiger partial charge on any atom is 0.317 e. The summed E-state index contributed by atoms with van der Waals surface area (Å²) in [5, 5.41) is 15.7. The zero-order valence-electron chi connectivity index (χ0n) is 14.3. The van der Waals surface area contributed by atoms with Gasteiger partial charge in [-0.2, -0.15) is 0 Å². The molecule has 2 rings (SSSR count). The van der Waals surface area contributed by atoms with Crippen molar-refractivity contribution in [2.45, 2.75) is 44.8 Å². The van der Waals surface area contributed by atoms with Crippen molar-refractivity contribution in [2.24, 2.45) is 0 Å². The van der Waals surface area contributed by atoms with E-state index in [-0.39, 0.29) is 30.7 Å². The summed E-state index contributed by atoms with van der Waals surface area (Å²) in [5.41, 5.74) is 0.798. The number of likely N-dealkylation sites (N-methyl/N-ethyl adjacent to an activating group) is 1. The van der Waals surface area contributed by atoms with Crippen molar-refractivity contribution in [1.82, 2.24) is 15.5 Å². The molecule has 25 heavy (non-hydrogen) atoms. The number of carbonyl (C=O) groups is 2. The Labute approximate surface area is 157 Å². The molecule has 1 aliphatic carbocycles. The fourth-order valence-corrected chi connectivity index (χ4v) is 3.60. The van der Waals surface area contributed by atoms with Gasteiger partial charge in [0.25, 0.3) is 0 Å². The van der Waals surface area contributed by atoms with Gasteiger partial charge in [0.05, 0.1) is 12.6 Å². The van der Waals surface area contributed by atoms with E-state index in [9.17, 15) is 9.59 Å². The summed E-state index contributed by atoms with van der Waals surface area (Å²) < 4.78 is 0. The van der Waals surface area contributed by atoms with E-state index < -0.39 is 5.97 Å². The molecule has 1 aromatic rings. The number of hydrogen-bond acceptors (Lipinski definition) is 3. The summed E-state index contributed by atoms with van der Waals surface area (Å²) >= 11 is 12.0. The monoisotopic (exact) mass is 387 g/mol. The van der Waals surface area contributed by atoms with Gasteiger partial charge in [-0.25, -0.2) is 4.79 Å². The highest BCUT2D eigenvalue weighted by Gasteiger charge is 2.34. The van der Waals surface area contributed by atoms with E-state index >= 15 is 0 Å². The third-order valence-corrected chi connectivity index (χ3v) is 5.05. The summed E-state index contributed by atoms with van der Waals surface area (Å²) in [6, 6.07) is 4.92. The number of hydrogen-bond donors (Lipinski definition) is 3. The Morgan fingerprint density at radius 1 is 1.36 bits per heavy atom. The lowest BCUT2D eigenvalue weighted by atomic mass is 9.85. The molecule has 1 atom stereocenters. The van der Waals surface area contributed by atoms with E-state index in [4.69, 9.17) is 28.3 Å². The van der Waals surface area contributed by atoms with Gasteiger partial charge in [-0.15, -0.1) is 0 Å². The molecule has 1 fully saturated rings. The predicted octanol–water partition coefficient (Wildman–Crippen LogP) is 3.29. The van der Waals surface area contributed by atoms with Gasteiger partial charge in [0.2, 0.25) is 0 Å². The second kappa shape index (κ2) is 8.74. The van der Waals surface area contributed by atoms with Crippen molar-refractivity contribution < 1.29 is 14.7 Å². The molecule has 1 saturated carbocycles. The first-order valence-corrected chi connectivity index (χ1v) is 9.03. The van der Waals surface area contributed by atoms with Crippen molar-refractivity contribution in [3.8, 4) is 0 Å². The second-order valence-corrected chi connectivity index (χ2v) is 7.13. The summed E-state index contributed by atoms with van der Waals surface area (Å²) in [6.07, 6.45) is 1.51. The van der Waals surface area contributed by atoms with Crippen LogP contribution in [0.3, 0.4) is 0 Å². The number of nitrogens with one attached hydrogen (secondary N) is 2. The SMILES string of the molecule is CCN(CC(=O)O)C1CC(NC(=O)NC(C)c2ccc(Cl)cc2Cl)C1. The number of carbonyl (C=O) groups excluding carboxylic acids is 1. The van der Waals surface area contributed by atoms with Crippen LogP contribution in [0.25, 0.3) is 0 Å². The highest BCUT2D eigenvalue weighted by Crippen LogP contribution is 2.27. The lowest BCUT2D eigenvalue weighted by Crippen LogP contribution is -2.56. The zero-order chi connectivity index (χ0) is 18.6. The molecule has 0 radical (unpaired) electrons.